The average Bonchev–Trinajstić information content (AvgIpc) is 2.09. The van der Waals surface area contributed by atoms with Gasteiger partial charge in [0.15, 0.2) is 0 Å². The molecule has 0 saturated heterocycles. The first-order valence-electron chi connectivity index (χ1n) is 4.04. The van der Waals surface area contributed by atoms with Crippen LogP contribution in [-0.4, -0.2) is 53.7 Å². The summed E-state index contributed by atoms with van der Waals surface area (Å²) in [5.74, 6) is 0. The summed E-state index contributed by atoms with van der Waals surface area (Å²) >= 11 is 0. The second-order valence-electron chi connectivity index (χ2n) is 2.70. The van der Waals surface area contributed by atoms with Crippen molar-refractivity contribution >= 4 is 31.8 Å². The second kappa shape index (κ2) is 7.29. The molecule has 0 fully saturated rings. The minimum Gasteiger partial charge on any atom is -0.269 e. The van der Waals surface area contributed by atoms with Crippen molar-refractivity contribution in [1.29, 1.82) is 0 Å². The Labute approximate surface area is 105 Å². The van der Waals surface area contributed by atoms with E-state index < -0.39 is 57.5 Å². The largest absolute Gasteiger partial charge is 0.397 e. The van der Waals surface area contributed by atoms with Crippen molar-refractivity contribution in [1.82, 2.24) is 0 Å². The van der Waals surface area contributed by atoms with E-state index in [0.717, 1.165) is 0 Å². The number of rotatable bonds is 9. The van der Waals surface area contributed by atoms with Crippen molar-refractivity contribution < 1.29 is 46.9 Å². The Balaban J connectivity index is 4.38. The van der Waals surface area contributed by atoms with Crippen LogP contribution < -0.4 is 0 Å². The molecule has 0 bridgehead atoms. The lowest BCUT2D eigenvalue weighted by molar-refractivity contribution is 0.102. The van der Waals surface area contributed by atoms with Gasteiger partial charge in [0.1, 0.15) is 6.10 Å². The molecule has 2 N–H and O–H groups in total. The van der Waals surface area contributed by atoms with Gasteiger partial charge in [-0.2, -0.15) is 16.8 Å². The van der Waals surface area contributed by atoms with Gasteiger partial charge >= 0.3 is 20.8 Å². The highest BCUT2D eigenvalue weighted by Gasteiger charge is 2.19. The van der Waals surface area contributed by atoms with Crippen molar-refractivity contribution in [2.75, 3.05) is 13.2 Å². The lowest BCUT2D eigenvalue weighted by Crippen LogP contribution is -2.25. The highest BCUT2D eigenvalue weighted by Crippen LogP contribution is 2.05. The van der Waals surface area contributed by atoms with Crippen molar-refractivity contribution in [3.8, 4) is 0 Å². The summed E-state index contributed by atoms with van der Waals surface area (Å²) in [4.78, 5) is 0. The van der Waals surface area contributed by atoms with Crippen LogP contribution >= 0.6 is 0 Å². The van der Waals surface area contributed by atoms with Gasteiger partial charge in [0, 0.05) is 6.42 Å². The lowest BCUT2D eigenvalue weighted by Gasteiger charge is -2.12. The molecule has 0 rings (SSSR count). The van der Waals surface area contributed by atoms with E-state index in [4.69, 9.17) is 9.11 Å². The van der Waals surface area contributed by atoms with Crippen LogP contribution in [0, 0.1) is 0 Å². The van der Waals surface area contributed by atoms with E-state index in [2.05, 4.69) is 12.5 Å². The van der Waals surface area contributed by atoms with Crippen LogP contribution in [0.3, 0.4) is 0 Å². The van der Waals surface area contributed by atoms with Gasteiger partial charge in [-0.25, -0.2) is 16.8 Å². The Morgan fingerprint density at radius 3 is 2.00 bits per heavy atom. The Kier molecular flexibility index (Phi) is 7.15. The monoisotopic (exact) mass is 330 g/mol. The summed E-state index contributed by atoms with van der Waals surface area (Å²) < 4.78 is 89.6. The molecular weight excluding hydrogens is 320 g/mol. The first kappa shape index (κ1) is 17.6. The van der Waals surface area contributed by atoms with Crippen LogP contribution in [-0.2, 0) is 44.3 Å². The smallest absolute Gasteiger partial charge is 0.269 e. The molecule has 0 aliphatic carbocycles. The number of hydrogen-bond donors (Lipinski definition) is 3. The van der Waals surface area contributed by atoms with Crippen LogP contribution in [0.1, 0.15) is 6.42 Å². The van der Waals surface area contributed by atoms with E-state index in [1.807, 2.05) is 0 Å². The predicted octanol–water partition coefficient (Wildman–Crippen LogP) is -2.07. The molecule has 18 heavy (non-hydrogen) atoms. The van der Waals surface area contributed by atoms with E-state index in [0.29, 0.717) is 0 Å². The molecule has 0 aromatic rings. The third-order valence-electron chi connectivity index (χ3n) is 1.30. The number of hydrogen-bond acceptors (Lipinski definition) is 9. The van der Waals surface area contributed by atoms with E-state index in [1.54, 1.807) is 0 Å². The Bertz CT molecular complexity index is 504. The minimum absolute atomic E-state index is 0.483. The molecular formula is C4H10O11S3. The molecule has 0 aromatic carbocycles. The zero-order valence-electron chi connectivity index (χ0n) is 8.53. The summed E-state index contributed by atoms with van der Waals surface area (Å²) in [5.41, 5.74) is 0. The van der Waals surface area contributed by atoms with Crippen molar-refractivity contribution in [2.45, 2.75) is 12.5 Å². The zero-order valence-corrected chi connectivity index (χ0v) is 11.1. The van der Waals surface area contributed by atoms with E-state index in [1.165, 1.54) is 0 Å². The molecule has 0 spiro atoms. The summed E-state index contributed by atoms with van der Waals surface area (Å²) in [6, 6.07) is 0. The summed E-state index contributed by atoms with van der Waals surface area (Å²) in [5, 5.41) is 0. The van der Waals surface area contributed by atoms with Crippen LogP contribution in [0.15, 0.2) is 0 Å². The van der Waals surface area contributed by atoms with Gasteiger partial charge in [0.05, 0.1) is 13.2 Å². The summed E-state index contributed by atoms with van der Waals surface area (Å²) in [6.45, 7) is -1.49. The highest BCUT2D eigenvalue weighted by atomic mass is 32.3. The van der Waals surface area contributed by atoms with Gasteiger partial charge in [-0.05, 0) is 0 Å². The molecule has 0 aliphatic rings. The van der Waals surface area contributed by atoms with Crippen LogP contribution in [0.25, 0.3) is 0 Å². The van der Waals surface area contributed by atoms with Crippen LogP contribution in [0.2, 0.25) is 0 Å². The van der Waals surface area contributed by atoms with Gasteiger partial charge in [0.25, 0.3) is 11.0 Å². The molecule has 0 amide bonds. The summed E-state index contributed by atoms with van der Waals surface area (Å²) in [7, 11) is -12.9. The third-order valence-corrected chi connectivity index (χ3v) is 2.64. The topological polar surface area (TPSA) is 171 Å². The normalized spacial score (nSPS) is 14.8. The third kappa shape index (κ3) is 12.1. The Morgan fingerprint density at radius 2 is 1.61 bits per heavy atom. The second-order valence-corrected chi connectivity index (χ2v) is 5.55. The SMILES string of the molecule is O=[SH](=O)OCC(CCOS(=O)(=O)O)OS(=O)(=O)O. The maximum absolute atomic E-state index is 10.4. The molecule has 1 atom stereocenters. The van der Waals surface area contributed by atoms with Crippen LogP contribution in [0.4, 0.5) is 0 Å². The fourth-order valence-electron chi connectivity index (χ4n) is 0.760. The molecule has 1 unspecified atom stereocenters. The highest BCUT2D eigenvalue weighted by molar-refractivity contribution is 7.81. The molecule has 14 heteroatoms. The molecule has 0 aromatic heterocycles. The molecule has 0 saturated carbocycles. The average molecular weight is 330 g/mol. The Morgan fingerprint density at radius 1 is 1.06 bits per heavy atom. The number of thiol groups is 1. The van der Waals surface area contributed by atoms with E-state index >= 15 is 0 Å². The van der Waals surface area contributed by atoms with Crippen molar-refractivity contribution in [2.24, 2.45) is 0 Å². The molecule has 0 heterocycles. The quantitative estimate of drug-likeness (QED) is 0.313. The van der Waals surface area contributed by atoms with Gasteiger partial charge in [0.2, 0.25) is 0 Å². The van der Waals surface area contributed by atoms with Gasteiger partial charge in [-0.1, -0.05) is 0 Å². The molecule has 110 valence electrons. The fourth-order valence-corrected chi connectivity index (χ4v) is 1.85. The van der Waals surface area contributed by atoms with Gasteiger partial charge < -0.3 is 0 Å². The first-order valence-corrected chi connectivity index (χ1v) is 7.87. The van der Waals surface area contributed by atoms with Crippen molar-refractivity contribution in [3.05, 3.63) is 0 Å². The molecule has 0 radical (unpaired) electrons. The van der Waals surface area contributed by atoms with Gasteiger partial charge in [-0.3, -0.25) is 13.3 Å². The standard InChI is InChI=1S/C4H10O11S3/c5-16(6)13-3-4(15-18(10,11)12)1-2-14-17(7,8)9/h4,16H,1-3H2,(H,7,8,9)(H,10,11,12). The van der Waals surface area contributed by atoms with E-state index in [9.17, 15) is 25.3 Å². The molecule has 0 aliphatic heterocycles. The predicted molar refractivity (Wildman–Crippen MR) is 54.8 cm³/mol. The maximum atomic E-state index is 10.4. The Hall–Kier alpha value is -0.350. The minimum atomic E-state index is -4.88. The van der Waals surface area contributed by atoms with Gasteiger partial charge in [-0.15, -0.1) is 0 Å². The van der Waals surface area contributed by atoms with Crippen molar-refractivity contribution in [3.63, 3.8) is 0 Å². The first-order chi connectivity index (χ1) is 7.99. The fraction of sp³-hybridized carbons (Fsp3) is 1.00. The van der Waals surface area contributed by atoms with E-state index in [-0.39, 0.29) is 0 Å². The lowest BCUT2D eigenvalue weighted by atomic mass is 10.3. The zero-order chi connectivity index (χ0) is 14.4. The van der Waals surface area contributed by atoms with Crippen LogP contribution in [0.5, 0.6) is 0 Å². The molecule has 11 nitrogen and oxygen atoms in total. The summed E-state index contributed by atoms with van der Waals surface area (Å²) in [6.07, 6.45) is -1.99. The maximum Gasteiger partial charge on any atom is 0.397 e.